The van der Waals surface area contributed by atoms with Crippen LogP contribution in [-0.4, -0.2) is 47.1 Å². The van der Waals surface area contributed by atoms with Crippen molar-refractivity contribution in [3.05, 3.63) is 102 Å². The van der Waals surface area contributed by atoms with Crippen LogP contribution in [0.5, 0.6) is 5.75 Å². The van der Waals surface area contributed by atoms with Crippen LogP contribution in [0, 0.1) is 11.8 Å². The van der Waals surface area contributed by atoms with Crippen molar-refractivity contribution in [1.29, 1.82) is 0 Å². The molecule has 2 saturated heterocycles. The Bertz CT molecular complexity index is 1460. The Hall–Kier alpha value is -4.52. The Labute approximate surface area is 220 Å². The van der Waals surface area contributed by atoms with Crippen LogP contribution in [0.3, 0.4) is 0 Å². The highest BCUT2D eigenvalue weighted by molar-refractivity contribution is 6.14. The van der Waals surface area contributed by atoms with Crippen molar-refractivity contribution in [2.45, 2.75) is 25.4 Å². The first-order valence-electron chi connectivity index (χ1n) is 12.7. The second-order valence-electron chi connectivity index (χ2n) is 9.86. The number of ether oxygens (including phenoxy) is 1. The van der Waals surface area contributed by atoms with Crippen molar-refractivity contribution >= 4 is 35.3 Å². The fourth-order valence-electron chi connectivity index (χ4n) is 6.01. The number of nitrogens with zero attached hydrogens (tertiary/aromatic N) is 2. The van der Waals surface area contributed by atoms with E-state index in [2.05, 4.69) is 0 Å². The van der Waals surface area contributed by atoms with E-state index in [4.69, 9.17) is 4.74 Å². The summed E-state index contributed by atoms with van der Waals surface area (Å²) < 4.78 is 5.11. The van der Waals surface area contributed by atoms with Gasteiger partial charge in [0.05, 0.1) is 17.9 Å². The number of carbonyl (C=O) groups excluding carboxylic acids is 4. The lowest BCUT2D eigenvalue weighted by Crippen LogP contribution is -2.49. The number of anilines is 1. The van der Waals surface area contributed by atoms with Gasteiger partial charge in [-0.05, 0) is 47.9 Å². The number of benzene rings is 3. The maximum absolute atomic E-state index is 14.1. The first kappa shape index (κ1) is 23.9. The number of Topliss-reactive ketones (excluding diaryl/α,β-unsaturated/α-hetero) is 1. The van der Waals surface area contributed by atoms with Crippen LogP contribution in [0.15, 0.2) is 84.9 Å². The predicted octanol–water partition coefficient (Wildman–Crippen LogP) is 3.92. The smallest absolute Gasteiger partial charge is 0.308 e. The van der Waals surface area contributed by atoms with Gasteiger partial charge in [0, 0.05) is 24.7 Å². The zero-order valence-electron chi connectivity index (χ0n) is 20.8. The fraction of sp³-hybridized carbons (Fsp3) is 0.226. The number of hydrogen-bond acceptors (Lipinski definition) is 6. The van der Waals surface area contributed by atoms with Gasteiger partial charge in [-0.2, -0.15) is 0 Å². The highest BCUT2D eigenvalue weighted by atomic mass is 16.5. The zero-order chi connectivity index (χ0) is 26.4. The number of para-hydroxylation sites is 1. The van der Waals surface area contributed by atoms with E-state index in [9.17, 15) is 19.2 Å². The first-order chi connectivity index (χ1) is 18.4. The molecule has 7 heteroatoms. The van der Waals surface area contributed by atoms with Crippen LogP contribution in [0.1, 0.15) is 28.4 Å². The molecule has 0 aromatic heterocycles. The molecule has 0 aliphatic carbocycles. The van der Waals surface area contributed by atoms with Crippen molar-refractivity contribution in [3.8, 4) is 5.75 Å². The van der Waals surface area contributed by atoms with Gasteiger partial charge in [-0.3, -0.25) is 24.1 Å². The van der Waals surface area contributed by atoms with E-state index >= 15 is 0 Å². The Morgan fingerprint density at radius 3 is 2.26 bits per heavy atom. The molecule has 4 atom stereocenters. The molecule has 0 saturated carbocycles. The quantitative estimate of drug-likeness (QED) is 0.218. The third-order valence-corrected chi connectivity index (χ3v) is 7.64. The van der Waals surface area contributed by atoms with E-state index in [0.29, 0.717) is 17.7 Å². The molecule has 6 rings (SSSR count). The maximum atomic E-state index is 14.1. The van der Waals surface area contributed by atoms with Gasteiger partial charge in [0.25, 0.3) is 0 Å². The van der Waals surface area contributed by atoms with Crippen LogP contribution < -0.4 is 9.64 Å². The van der Waals surface area contributed by atoms with E-state index in [1.54, 1.807) is 24.3 Å². The molecule has 3 aromatic carbocycles. The molecule has 38 heavy (non-hydrogen) atoms. The van der Waals surface area contributed by atoms with Crippen molar-refractivity contribution in [2.24, 2.45) is 11.8 Å². The largest absolute Gasteiger partial charge is 0.427 e. The maximum Gasteiger partial charge on any atom is 0.308 e. The molecule has 2 amide bonds. The highest BCUT2D eigenvalue weighted by Crippen LogP contribution is 2.49. The van der Waals surface area contributed by atoms with Gasteiger partial charge in [-0.15, -0.1) is 0 Å². The third kappa shape index (κ3) is 3.91. The molecule has 0 N–H and O–H groups in total. The Morgan fingerprint density at radius 1 is 0.842 bits per heavy atom. The molecule has 190 valence electrons. The molecule has 3 aliphatic rings. The number of imide groups is 1. The second kappa shape index (κ2) is 9.41. The normalized spacial score (nSPS) is 23.2. The monoisotopic (exact) mass is 506 g/mol. The van der Waals surface area contributed by atoms with Gasteiger partial charge in [-0.25, -0.2) is 0 Å². The standard InChI is InChI=1S/C31H26N2O5/c1-19(34)38-23-14-11-22(12-15-23)29(35)28-27-26(25-16-13-21-9-5-6-10-24(21)33(25)28)30(36)32(31(27)37)18-17-20-7-3-2-4-8-20/h2-16,25-28H,17-18H2,1H3. The minimum atomic E-state index is -0.839. The number of esters is 1. The summed E-state index contributed by atoms with van der Waals surface area (Å²) in [7, 11) is 0. The van der Waals surface area contributed by atoms with E-state index in [0.717, 1.165) is 16.8 Å². The van der Waals surface area contributed by atoms with Crippen LogP contribution >= 0.6 is 0 Å². The summed E-state index contributed by atoms with van der Waals surface area (Å²) in [4.78, 5) is 56.2. The lowest BCUT2D eigenvalue weighted by atomic mass is 9.86. The minimum Gasteiger partial charge on any atom is -0.427 e. The molecular weight excluding hydrogens is 480 g/mol. The number of hydrogen-bond donors (Lipinski definition) is 0. The number of likely N-dealkylation sites (tertiary alicyclic amines) is 1. The molecule has 0 spiro atoms. The summed E-state index contributed by atoms with van der Waals surface area (Å²) in [5.74, 6) is -2.32. The lowest BCUT2D eigenvalue weighted by molar-refractivity contribution is -0.140. The average Bonchev–Trinajstić information content (AvgIpc) is 3.40. The molecule has 0 bridgehead atoms. The molecule has 3 heterocycles. The van der Waals surface area contributed by atoms with Crippen molar-refractivity contribution in [1.82, 2.24) is 4.90 Å². The Kier molecular flexibility index (Phi) is 5.91. The molecule has 4 unspecified atom stereocenters. The minimum absolute atomic E-state index is 0.226. The van der Waals surface area contributed by atoms with Gasteiger partial charge in [0.1, 0.15) is 11.8 Å². The predicted molar refractivity (Wildman–Crippen MR) is 141 cm³/mol. The zero-order valence-corrected chi connectivity index (χ0v) is 20.8. The van der Waals surface area contributed by atoms with Crippen LogP contribution in [-0.2, 0) is 20.8 Å². The van der Waals surface area contributed by atoms with Crippen LogP contribution in [0.4, 0.5) is 5.69 Å². The van der Waals surface area contributed by atoms with Gasteiger partial charge < -0.3 is 9.64 Å². The molecule has 2 fully saturated rings. The summed E-state index contributed by atoms with van der Waals surface area (Å²) in [6.07, 6.45) is 4.47. The van der Waals surface area contributed by atoms with Crippen molar-refractivity contribution < 1.29 is 23.9 Å². The number of rotatable bonds is 6. The average molecular weight is 507 g/mol. The summed E-state index contributed by atoms with van der Waals surface area (Å²) in [5.41, 5.74) is 3.20. The van der Waals surface area contributed by atoms with Gasteiger partial charge >= 0.3 is 5.97 Å². The highest BCUT2D eigenvalue weighted by Gasteiger charge is 2.63. The molecular formula is C31H26N2O5. The van der Waals surface area contributed by atoms with Crippen molar-refractivity contribution in [2.75, 3.05) is 11.4 Å². The fourth-order valence-corrected chi connectivity index (χ4v) is 6.01. The summed E-state index contributed by atoms with van der Waals surface area (Å²) >= 11 is 0. The number of ketones is 1. The topological polar surface area (TPSA) is 84.0 Å². The van der Waals surface area contributed by atoms with E-state index < -0.39 is 29.9 Å². The van der Waals surface area contributed by atoms with E-state index in [1.165, 1.54) is 11.8 Å². The van der Waals surface area contributed by atoms with Gasteiger partial charge in [-0.1, -0.05) is 60.7 Å². The number of carbonyl (C=O) groups is 4. The lowest BCUT2D eigenvalue weighted by Gasteiger charge is -2.36. The molecule has 0 radical (unpaired) electrons. The summed E-state index contributed by atoms with van der Waals surface area (Å²) in [5, 5.41) is 0. The number of amides is 2. The van der Waals surface area contributed by atoms with Crippen molar-refractivity contribution in [3.63, 3.8) is 0 Å². The van der Waals surface area contributed by atoms with E-state index in [-0.39, 0.29) is 24.1 Å². The first-order valence-corrected chi connectivity index (χ1v) is 12.7. The third-order valence-electron chi connectivity index (χ3n) is 7.64. The van der Waals surface area contributed by atoms with Crippen LogP contribution in [0.2, 0.25) is 0 Å². The summed E-state index contributed by atoms with van der Waals surface area (Å²) in [6, 6.07) is 22.5. The summed E-state index contributed by atoms with van der Waals surface area (Å²) in [6.45, 7) is 1.59. The SMILES string of the molecule is CC(=O)Oc1ccc(C(=O)C2C3C(=O)N(CCc4ccccc4)C(=O)C3C3C=Cc4ccccc4N32)cc1. The molecule has 7 nitrogen and oxygen atoms in total. The van der Waals surface area contributed by atoms with Crippen LogP contribution in [0.25, 0.3) is 6.08 Å². The van der Waals surface area contributed by atoms with Gasteiger partial charge in [0.15, 0.2) is 5.78 Å². The van der Waals surface area contributed by atoms with E-state index in [1.807, 2.05) is 71.6 Å². The second-order valence-corrected chi connectivity index (χ2v) is 9.86. The Morgan fingerprint density at radius 2 is 1.53 bits per heavy atom. The van der Waals surface area contributed by atoms with Gasteiger partial charge in [0.2, 0.25) is 11.8 Å². The Balaban J connectivity index is 1.36. The molecule has 3 aliphatic heterocycles. The molecule has 3 aromatic rings. The number of fused-ring (bicyclic) bond motifs is 5.